The highest BCUT2D eigenvalue weighted by molar-refractivity contribution is 8.00. The number of fused-ring (bicyclic) bond motifs is 1. The number of amides is 1. The lowest BCUT2D eigenvalue weighted by molar-refractivity contribution is -0.120. The summed E-state index contributed by atoms with van der Waals surface area (Å²) in [6, 6.07) is 6.00. The fourth-order valence-corrected chi connectivity index (χ4v) is 4.15. The normalized spacial score (nSPS) is 16.4. The fraction of sp³-hybridized carbons (Fsp3) is 0.467. The van der Waals surface area contributed by atoms with Crippen molar-refractivity contribution in [3.05, 3.63) is 18.2 Å². The maximum atomic E-state index is 12.2. The second-order valence-electron chi connectivity index (χ2n) is 5.19. The van der Waals surface area contributed by atoms with Crippen LogP contribution in [-0.4, -0.2) is 17.1 Å². The summed E-state index contributed by atoms with van der Waals surface area (Å²) in [6.45, 7) is 0. The molecule has 0 spiro atoms. The molecule has 0 radical (unpaired) electrons. The molecule has 1 aromatic carbocycles. The minimum absolute atomic E-state index is 0.171. The summed E-state index contributed by atoms with van der Waals surface area (Å²) in [5.41, 5.74) is 1.84. The lowest BCUT2D eigenvalue weighted by atomic mass is 9.88. The molecule has 1 aliphatic carbocycles. The third-order valence-electron chi connectivity index (χ3n) is 3.79. The van der Waals surface area contributed by atoms with E-state index in [2.05, 4.69) is 10.3 Å². The number of nitrogens with one attached hydrogen (secondary N) is 1. The molecule has 0 bridgehead atoms. The lowest BCUT2D eigenvalue weighted by Crippen LogP contribution is -2.24. The topological polar surface area (TPSA) is 42.0 Å². The molecule has 2 aromatic rings. The molecule has 1 N–H and O–H groups in total. The largest absolute Gasteiger partial charge is 0.326 e. The summed E-state index contributed by atoms with van der Waals surface area (Å²) < 4.78 is 2.24. The number of thioether (sulfide) groups is 1. The average Bonchev–Trinajstić information content (AvgIpc) is 2.90. The van der Waals surface area contributed by atoms with E-state index in [1.165, 1.54) is 24.0 Å². The lowest BCUT2D eigenvalue weighted by Gasteiger charge is -2.20. The highest BCUT2D eigenvalue weighted by atomic mass is 32.2. The van der Waals surface area contributed by atoms with Gasteiger partial charge >= 0.3 is 0 Å². The van der Waals surface area contributed by atoms with Crippen LogP contribution in [0.15, 0.2) is 22.5 Å². The van der Waals surface area contributed by atoms with Gasteiger partial charge in [0.2, 0.25) is 5.91 Å². The zero-order valence-electron chi connectivity index (χ0n) is 11.5. The highest BCUT2D eigenvalue weighted by Crippen LogP contribution is 2.30. The Labute approximate surface area is 127 Å². The van der Waals surface area contributed by atoms with Gasteiger partial charge in [-0.25, -0.2) is 4.98 Å². The van der Waals surface area contributed by atoms with Crippen molar-refractivity contribution < 1.29 is 4.79 Å². The van der Waals surface area contributed by atoms with E-state index in [1.807, 2.05) is 24.5 Å². The molecule has 106 valence electrons. The molecule has 1 amide bonds. The van der Waals surface area contributed by atoms with E-state index >= 15 is 0 Å². The van der Waals surface area contributed by atoms with Gasteiger partial charge < -0.3 is 5.32 Å². The highest BCUT2D eigenvalue weighted by Gasteiger charge is 2.21. The van der Waals surface area contributed by atoms with Crippen molar-refractivity contribution >= 4 is 44.9 Å². The third kappa shape index (κ3) is 2.99. The maximum absolute atomic E-state index is 12.2. The van der Waals surface area contributed by atoms with Gasteiger partial charge in [-0.3, -0.25) is 4.79 Å². The summed E-state index contributed by atoms with van der Waals surface area (Å²) >= 11 is 3.35. The monoisotopic (exact) mass is 306 g/mol. The van der Waals surface area contributed by atoms with Crippen LogP contribution in [0.5, 0.6) is 0 Å². The standard InChI is InChI=1S/C15H18N2OS2/c1-19-15-17-12-9-11(7-8-13(12)20-15)16-14(18)10-5-3-2-4-6-10/h7-10H,2-6H2,1H3,(H,16,18). The van der Waals surface area contributed by atoms with Crippen molar-refractivity contribution in [2.24, 2.45) is 5.92 Å². The van der Waals surface area contributed by atoms with E-state index in [0.29, 0.717) is 0 Å². The zero-order valence-corrected chi connectivity index (χ0v) is 13.1. The molecular formula is C15H18N2OS2. The molecule has 0 saturated heterocycles. The molecule has 1 heterocycles. The summed E-state index contributed by atoms with van der Waals surface area (Å²) in [5, 5.41) is 3.05. The number of hydrogen-bond acceptors (Lipinski definition) is 4. The van der Waals surface area contributed by atoms with Crippen molar-refractivity contribution in [1.29, 1.82) is 0 Å². The predicted octanol–water partition coefficient (Wildman–Crippen LogP) is 4.54. The molecule has 1 aliphatic rings. The van der Waals surface area contributed by atoms with E-state index in [1.54, 1.807) is 23.1 Å². The first-order chi connectivity index (χ1) is 9.76. The molecular weight excluding hydrogens is 288 g/mol. The number of thiazole rings is 1. The minimum atomic E-state index is 0.171. The summed E-state index contributed by atoms with van der Waals surface area (Å²) in [7, 11) is 0. The molecule has 5 heteroatoms. The molecule has 1 aromatic heterocycles. The maximum Gasteiger partial charge on any atom is 0.227 e. The van der Waals surface area contributed by atoms with Crippen LogP contribution in [-0.2, 0) is 4.79 Å². The van der Waals surface area contributed by atoms with Gasteiger partial charge in [0, 0.05) is 11.6 Å². The van der Waals surface area contributed by atoms with Crippen LogP contribution in [0.2, 0.25) is 0 Å². The Morgan fingerprint density at radius 1 is 1.35 bits per heavy atom. The van der Waals surface area contributed by atoms with Gasteiger partial charge in [0.25, 0.3) is 0 Å². The molecule has 1 saturated carbocycles. The summed E-state index contributed by atoms with van der Waals surface area (Å²) in [6.07, 6.45) is 7.72. The van der Waals surface area contributed by atoms with Crippen molar-refractivity contribution in [3.8, 4) is 0 Å². The van der Waals surface area contributed by atoms with Gasteiger partial charge in [0.05, 0.1) is 10.2 Å². The van der Waals surface area contributed by atoms with Crippen LogP contribution >= 0.6 is 23.1 Å². The quantitative estimate of drug-likeness (QED) is 0.847. The van der Waals surface area contributed by atoms with Crippen LogP contribution in [0.4, 0.5) is 5.69 Å². The van der Waals surface area contributed by atoms with Gasteiger partial charge in [0.15, 0.2) is 4.34 Å². The number of nitrogens with zero attached hydrogens (tertiary/aromatic N) is 1. The van der Waals surface area contributed by atoms with E-state index in [-0.39, 0.29) is 11.8 Å². The second-order valence-corrected chi connectivity index (χ2v) is 7.27. The van der Waals surface area contributed by atoms with E-state index in [0.717, 1.165) is 28.4 Å². The molecule has 1 fully saturated rings. The molecule has 20 heavy (non-hydrogen) atoms. The molecule has 3 nitrogen and oxygen atoms in total. The first kappa shape index (κ1) is 13.9. The average molecular weight is 306 g/mol. The fourth-order valence-electron chi connectivity index (χ4n) is 2.68. The van der Waals surface area contributed by atoms with E-state index in [4.69, 9.17) is 0 Å². The van der Waals surface area contributed by atoms with Crippen molar-refractivity contribution in [2.45, 2.75) is 36.4 Å². The third-order valence-corrected chi connectivity index (χ3v) is 5.81. The van der Waals surface area contributed by atoms with E-state index in [9.17, 15) is 4.79 Å². The number of carbonyl (C=O) groups excluding carboxylic acids is 1. The Balaban J connectivity index is 1.74. The molecule has 0 atom stereocenters. The summed E-state index contributed by atoms with van der Waals surface area (Å²) in [5.74, 6) is 0.362. The Hall–Kier alpha value is -1.07. The van der Waals surface area contributed by atoms with Crippen molar-refractivity contribution in [1.82, 2.24) is 4.98 Å². The van der Waals surface area contributed by atoms with Gasteiger partial charge in [0.1, 0.15) is 0 Å². The van der Waals surface area contributed by atoms with Crippen LogP contribution in [0.3, 0.4) is 0 Å². The van der Waals surface area contributed by atoms with Crippen molar-refractivity contribution in [2.75, 3.05) is 11.6 Å². The molecule has 3 rings (SSSR count). The van der Waals surface area contributed by atoms with E-state index < -0.39 is 0 Å². The van der Waals surface area contributed by atoms with Crippen molar-refractivity contribution in [3.63, 3.8) is 0 Å². The smallest absolute Gasteiger partial charge is 0.227 e. The number of benzene rings is 1. The minimum Gasteiger partial charge on any atom is -0.326 e. The SMILES string of the molecule is CSc1nc2cc(NC(=O)C3CCCCC3)ccc2s1. The Morgan fingerprint density at radius 3 is 2.90 bits per heavy atom. The van der Waals surface area contributed by atoms with Gasteiger partial charge in [-0.1, -0.05) is 31.0 Å². The first-order valence-electron chi connectivity index (χ1n) is 7.02. The second kappa shape index (κ2) is 6.14. The first-order valence-corrected chi connectivity index (χ1v) is 9.06. The zero-order chi connectivity index (χ0) is 13.9. The number of hydrogen-bond donors (Lipinski definition) is 1. The van der Waals surface area contributed by atoms with Crippen LogP contribution < -0.4 is 5.32 Å². The molecule has 0 unspecified atom stereocenters. The van der Waals surface area contributed by atoms with Crippen LogP contribution in [0, 0.1) is 5.92 Å². The Kier molecular flexibility index (Phi) is 4.27. The number of anilines is 1. The number of carbonyl (C=O) groups is 1. The predicted molar refractivity (Wildman–Crippen MR) is 86.6 cm³/mol. The Bertz CT molecular complexity index is 617. The van der Waals surface area contributed by atoms with Crippen LogP contribution in [0.25, 0.3) is 10.2 Å². The molecule has 0 aliphatic heterocycles. The number of aromatic nitrogens is 1. The van der Waals surface area contributed by atoms with Crippen LogP contribution in [0.1, 0.15) is 32.1 Å². The van der Waals surface area contributed by atoms with Gasteiger partial charge in [-0.05, 0) is 37.3 Å². The van der Waals surface area contributed by atoms with Gasteiger partial charge in [-0.15, -0.1) is 11.3 Å². The summed E-state index contributed by atoms with van der Waals surface area (Å²) in [4.78, 5) is 16.8. The van der Waals surface area contributed by atoms with Gasteiger partial charge in [-0.2, -0.15) is 0 Å². The number of rotatable bonds is 3. The Morgan fingerprint density at radius 2 is 2.15 bits per heavy atom.